The summed E-state index contributed by atoms with van der Waals surface area (Å²) >= 11 is 0. The third kappa shape index (κ3) is 3.77. The molecule has 3 heterocycles. The average Bonchev–Trinajstić information content (AvgIpc) is 3.22. The van der Waals surface area contributed by atoms with Crippen LogP contribution in [0.2, 0.25) is 0 Å². The van der Waals surface area contributed by atoms with Gasteiger partial charge >= 0.3 is 0 Å². The minimum Gasteiger partial charge on any atom is -0.498 e. The number of nitrogens with zero attached hydrogens (tertiary/aromatic N) is 6. The predicted molar refractivity (Wildman–Crippen MR) is 114 cm³/mol. The van der Waals surface area contributed by atoms with Gasteiger partial charge < -0.3 is 14.4 Å². The Morgan fingerprint density at radius 2 is 2.06 bits per heavy atom. The highest BCUT2D eigenvalue weighted by molar-refractivity contribution is 6.38. The van der Waals surface area contributed by atoms with E-state index in [-0.39, 0.29) is 23.7 Å². The van der Waals surface area contributed by atoms with Crippen molar-refractivity contribution in [1.29, 1.82) is 0 Å². The van der Waals surface area contributed by atoms with Gasteiger partial charge in [0.05, 0.1) is 26.1 Å². The molecule has 31 heavy (non-hydrogen) atoms. The van der Waals surface area contributed by atoms with E-state index in [9.17, 15) is 8.78 Å². The molecule has 1 aromatic heterocycles. The van der Waals surface area contributed by atoms with Gasteiger partial charge in [-0.15, -0.1) is 0 Å². The van der Waals surface area contributed by atoms with Crippen LogP contribution in [-0.2, 0) is 16.5 Å². The number of hydrogen-bond donors (Lipinski definition) is 0. The topological polar surface area (TPSA) is 76.6 Å². The van der Waals surface area contributed by atoms with Crippen LogP contribution >= 0.6 is 0 Å². The molecule has 0 N–H and O–H groups in total. The number of ether oxygens (including phenoxy) is 2. The van der Waals surface area contributed by atoms with Crippen LogP contribution in [0, 0.1) is 0 Å². The van der Waals surface area contributed by atoms with Gasteiger partial charge in [0.15, 0.2) is 17.8 Å². The molecule has 164 valence electrons. The molecule has 1 aliphatic carbocycles. The molecule has 4 atom stereocenters. The molecule has 0 fully saturated rings. The molecule has 0 aromatic carbocycles. The van der Waals surface area contributed by atoms with Gasteiger partial charge in [-0.25, -0.2) is 8.78 Å². The summed E-state index contributed by atoms with van der Waals surface area (Å²) in [6.45, 7) is 2.47. The molecule has 3 aliphatic rings. The molecule has 0 radical (unpaired) electrons. The SMILES string of the molecule is CCN1/C(=N/C2C(F)=C(OC)C=C(OC)C2F)C=CC2N=CC(c3cnn(C)c3)=NC21. The molecule has 0 amide bonds. The summed E-state index contributed by atoms with van der Waals surface area (Å²) in [6, 6.07) is -1.62. The maximum Gasteiger partial charge on any atom is 0.186 e. The molecule has 10 heteroatoms. The zero-order valence-electron chi connectivity index (χ0n) is 17.7. The van der Waals surface area contributed by atoms with Crippen molar-refractivity contribution in [2.45, 2.75) is 31.3 Å². The van der Waals surface area contributed by atoms with E-state index in [1.165, 1.54) is 20.3 Å². The lowest BCUT2D eigenvalue weighted by Crippen LogP contribution is -2.49. The van der Waals surface area contributed by atoms with Crippen LogP contribution in [0.4, 0.5) is 8.78 Å². The first-order valence-electron chi connectivity index (χ1n) is 9.92. The molecular formula is C21H24F2N6O2. The van der Waals surface area contributed by atoms with Gasteiger partial charge in [-0.1, -0.05) is 6.08 Å². The first-order valence-corrected chi connectivity index (χ1v) is 9.92. The summed E-state index contributed by atoms with van der Waals surface area (Å²) in [4.78, 5) is 15.7. The van der Waals surface area contributed by atoms with Gasteiger partial charge in [0.2, 0.25) is 0 Å². The highest BCUT2D eigenvalue weighted by atomic mass is 19.1. The van der Waals surface area contributed by atoms with Gasteiger partial charge in [-0.05, 0) is 13.0 Å². The van der Waals surface area contributed by atoms with Gasteiger partial charge in [0.1, 0.15) is 29.8 Å². The van der Waals surface area contributed by atoms with Crippen molar-refractivity contribution in [2.24, 2.45) is 22.0 Å². The number of rotatable bonds is 5. The monoisotopic (exact) mass is 430 g/mol. The highest BCUT2D eigenvalue weighted by Gasteiger charge is 2.38. The first kappa shape index (κ1) is 21.0. The van der Waals surface area contributed by atoms with Crippen molar-refractivity contribution < 1.29 is 18.3 Å². The van der Waals surface area contributed by atoms with Gasteiger partial charge in [-0.3, -0.25) is 19.7 Å². The molecule has 0 saturated carbocycles. The Kier molecular flexibility index (Phi) is 5.71. The number of aromatic nitrogens is 2. The van der Waals surface area contributed by atoms with Crippen molar-refractivity contribution in [3.8, 4) is 0 Å². The van der Waals surface area contributed by atoms with Crippen molar-refractivity contribution in [3.05, 3.63) is 53.5 Å². The highest BCUT2D eigenvalue weighted by Crippen LogP contribution is 2.32. The van der Waals surface area contributed by atoms with Crippen LogP contribution in [0.15, 0.2) is 62.9 Å². The number of aliphatic imine (C=N–C) groups is 3. The number of methoxy groups -OCH3 is 2. The molecular weight excluding hydrogens is 406 g/mol. The van der Waals surface area contributed by atoms with Crippen LogP contribution in [0.1, 0.15) is 12.5 Å². The van der Waals surface area contributed by atoms with Crippen molar-refractivity contribution in [2.75, 3.05) is 20.8 Å². The lowest BCUT2D eigenvalue weighted by molar-refractivity contribution is 0.166. The molecule has 1 aromatic rings. The fraction of sp³-hybridized carbons (Fsp3) is 0.429. The molecule has 0 bridgehead atoms. The second-order valence-corrected chi connectivity index (χ2v) is 7.25. The fourth-order valence-corrected chi connectivity index (χ4v) is 3.77. The Morgan fingerprint density at radius 3 is 2.71 bits per heavy atom. The zero-order chi connectivity index (χ0) is 22.1. The minimum absolute atomic E-state index is 0.0348. The van der Waals surface area contributed by atoms with Crippen LogP contribution in [0.5, 0.6) is 0 Å². The van der Waals surface area contributed by atoms with Gasteiger partial charge in [-0.2, -0.15) is 5.10 Å². The normalized spacial score (nSPS) is 29.1. The molecule has 4 unspecified atom stereocenters. The third-order valence-electron chi connectivity index (χ3n) is 5.39. The van der Waals surface area contributed by atoms with Gasteiger partial charge in [0.25, 0.3) is 0 Å². The Balaban J connectivity index is 1.69. The van der Waals surface area contributed by atoms with Crippen molar-refractivity contribution in [1.82, 2.24) is 14.7 Å². The van der Waals surface area contributed by atoms with E-state index in [4.69, 9.17) is 14.5 Å². The number of alkyl halides is 1. The summed E-state index contributed by atoms with van der Waals surface area (Å²) in [6.07, 6.45) is 7.94. The smallest absolute Gasteiger partial charge is 0.186 e. The second-order valence-electron chi connectivity index (χ2n) is 7.25. The number of likely N-dealkylation sites (N-methyl/N-ethyl adjacent to an activating group) is 1. The maximum atomic E-state index is 14.9. The Labute approximate surface area is 179 Å². The van der Waals surface area contributed by atoms with Crippen LogP contribution < -0.4 is 0 Å². The standard InChI is InChI=1S/C21H24F2N6O2/c1-5-29-17(27-20-18(22)15(30-3)8-16(31-4)19(20)23)7-6-13-21(29)26-14(10-24-13)12-9-25-28(2)11-12/h6-11,13,18,20-21H,5H2,1-4H3/b27-17+. The Hall–Kier alpha value is -3.30. The Morgan fingerprint density at radius 1 is 1.26 bits per heavy atom. The molecule has 0 spiro atoms. The molecule has 2 aliphatic heterocycles. The van der Waals surface area contributed by atoms with E-state index >= 15 is 0 Å². The van der Waals surface area contributed by atoms with Crippen LogP contribution in [0.25, 0.3) is 0 Å². The predicted octanol–water partition coefficient (Wildman–Crippen LogP) is 2.36. The maximum absolute atomic E-state index is 14.9. The van der Waals surface area contributed by atoms with Crippen molar-refractivity contribution in [3.63, 3.8) is 0 Å². The summed E-state index contributed by atoms with van der Waals surface area (Å²) in [5, 5.41) is 4.18. The number of fused-ring (bicyclic) bond motifs is 1. The number of halogens is 2. The first-order chi connectivity index (χ1) is 15.0. The number of hydrogen-bond acceptors (Lipinski definition) is 6. The zero-order valence-corrected chi connectivity index (χ0v) is 17.7. The lowest BCUT2D eigenvalue weighted by Gasteiger charge is -2.38. The minimum atomic E-state index is -1.76. The molecule has 4 rings (SSSR count). The van der Waals surface area contributed by atoms with E-state index in [1.54, 1.807) is 23.2 Å². The van der Waals surface area contributed by atoms with Gasteiger partial charge in [0, 0.05) is 37.6 Å². The number of allylic oxidation sites excluding steroid dienone is 1. The summed E-state index contributed by atoms with van der Waals surface area (Å²) in [5.74, 6) is -0.491. The van der Waals surface area contributed by atoms with E-state index in [2.05, 4.69) is 15.1 Å². The molecule has 0 saturated heterocycles. The van der Waals surface area contributed by atoms with E-state index in [1.807, 2.05) is 31.1 Å². The molecule has 8 nitrogen and oxygen atoms in total. The Bertz CT molecular complexity index is 1040. The van der Waals surface area contributed by atoms with E-state index < -0.39 is 18.0 Å². The lowest BCUT2D eigenvalue weighted by atomic mass is 10.0. The summed E-state index contributed by atoms with van der Waals surface area (Å²) in [5.41, 5.74) is 1.54. The van der Waals surface area contributed by atoms with E-state index in [0.29, 0.717) is 18.1 Å². The summed E-state index contributed by atoms with van der Waals surface area (Å²) in [7, 11) is 4.48. The summed E-state index contributed by atoms with van der Waals surface area (Å²) < 4.78 is 41.6. The number of aryl methyl sites for hydroxylation is 1. The largest absolute Gasteiger partial charge is 0.498 e. The number of amidine groups is 1. The van der Waals surface area contributed by atoms with Crippen LogP contribution in [0.3, 0.4) is 0 Å². The second kappa shape index (κ2) is 8.44. The van der Waals surface area contributed by atoms with Crippen LogP contribution in [-0.4, -0.2) is 77.6 Å². The van der Waals surface area contributed by atoms with Crippen molar-refractivity contribution >= 4 is 17.8 Å². The van der Waals surface area contributed by atoms with E-state index in [0.717, 1.165) is 5.56 Å². The average molecular weight is 430 g/mol. The quantitative estimate of drug-likeness (QED) is 0.719. The fourth-order valence-electron chi connectivity index (χ4n) is 3.77. The third-order valence-corrected chi connectivity index (χ3v) is 5.39.